The average Bonchev–Trinajstić information content (AvgIpc) is 2.26. The maximum Gasteiger partial charge on any atom is 0.241 e. The Morgan fingerprint density at radius 2 is 1.93 bits per heavy atom. The molecule has 1 aromatic heterocycles. The Morgan fingerprint density at radius 3 is 2.36 bits per heavy atom. The van der Waals surface area contributed by atoms with E-state index in [2.05, 4.69) is 5.32 Å². The van der Waals surface area contributed by atoms with Crippen molar-refractivity contribution in [2.45, 2.75) is 25.3 Å². The highest BCUT2D eigenvalue weighted by atomic mass is 32.2. The van der Waals surface area contributed by atoms with E-state index in [9.17, 15) is 8.42 Å². The molecule has 1 rings (SSSR count). The molecule has 0 aliphatic rings. The normalized spacial score (nSPS) is 12.0. The largest absolute Gasteiger partial charge is 0.465 e. The highest BCUT2D eigenvalue weighted by Crippen LogP contribution is 2.25. The van der Waals surface area contributed by atoms with Gasteiger partial charge in [-0.1, -0.05) is 0 Å². The maximum absolute atomic E-state index is 11.3. The van der Waals surface area contributed by atoms with E-state index in [1.165, 1.54) is 0 Å². The van der Waals surface area contributed by atoms with Crippen LogP contribution >= 0.6 is 0 Å². The molecular formula is C8H14N2O3S. The van der Waals surface area contributed by atoms with Crippen LogP contribution in [0.5, 0.6) is 0 Å². The van der Waals surface area contributed by atoms with Crippen LogP contribution in [0.3, 0.4) is 0 Å². The van der Waals surface area contributed by atoms with Crippen LogP contribution in [-0.2, 0) is 16.6 Å². The molecule has 0 saturated carbocycles. The molecule has 1 heterocycles. The van der Waals surface area contributed by atoms with Crippen LogP contribution < -0.4 is 10.5 Å². The lowest BCUT2D eigenvalue weighted by molar-refractivity contribution is 0.494. The van der Waals surface area contributed by atoms with E-state index >= 15 is 0 Å². The summed E-state index contributed by atoms with van der Waals surface area (Å²) in [4.78, 5) is 0.101. The summed E-state index contributed by atoms with van der Waals surface area (Å²) in [5.74, 6) is 0.927. The maximum atomic E-state index is 11.3. The lowest BCUT2D eigenvalue weighted by Gasteiger charge is -2.01. The van der Waals surface area contributed by atoms with E-state index < -0.39 is 10.0 Å². The Hall–Kier alpha value is -0.850. The van der Waals surface area contributed by atoms with Crippen LogP contribution in [0.25, 0.3) is 0 Å². The van der Waals surface area contributed by atoms with Crippen molar-refractivity contribution in [3.8, 4) is 0 Å². The van der Waals surface area contributed by atoms with Gasteiger partial charge in [0, 0.05) is 12.1 Å². The minimum atomic E-state index is -3.70. The third-order valence-electron chi connectivity index (χ3n) is 1.96. The summed E-state index contributed by atoms with van der Waals surface area (Å²) in [5.41, 5.74) is 0.604. The molecule has 0 amide bonds. The van der Waals surface area contributed by atoms with Gasteiger partial charge in [0.25, 0.3) is 0 Å². The summed E-state index contributed by atoms with van der Waals surface area (Å²) in [6, 6.07) is 0. The second-order valence-corrected chi connectivity index (χ2v) is 4.60. The molecule has 0 bridgehead atoms. The molecule has 0 atom stereocenters. The van der Waals surface area contributed by atoms with Crippen LogP contribution in [0.1, 0.15) is 17.1 Å². The van der Waals surface area contributed by atoms with Gasteiger partial charge in [-0.05, 0) is 20.9 Å². The standard InChI is InChI=1S/C8H14N2O3S/c1-5-7(4-10-3)8(6(2)13-5)14(9,11)12/h10H,4H2,1-3H3,(H2,9,11,12). The van der Waals surface area contributed by atoms with Gasteiger partial charge in [-0.25, -0.2) is 13.6 Å². The molecule has 14 heavy (non-hydrogen) atoms. The van der Waals surface area contributed by atoms with Gasteiger partial charge in [-0.3, -0.25) is 0 Å². The molecule has 6 heteroatoms. The number of hydrogen-bond acceptors (Lipinski definition) is 4. The first-order chi connectivity index (χ1) is 6.38. The third-order valence-corrected chi connectivity index (χ3v) is 3.07. The molecule has 0 aliphatic heterocycles. The Bertz CT molecular complexity index is 434. The zero-order valence-electron chi connectivity index (χ0n) is 8.42. The predicted octanol–water partition coefficient (Wildman–Crippen LogP) is 0.263. The van der Waals surface area contributed by atoms with Crippen molar-refractivity contribution in [3.05, 3.63) is 17.1 Å². The minimum absolute atomic E-state index is 0.101. The van der Waals surface area contributed by atoms with Gasteiger partial charge >= 0.3 is 0 Å². The third kappa shape index (κ3) is 1.97. The highest BCUT2D eigenvalue weighted by molar-refractivity contribution is 7.89. The van der Waals surface area contributed by atoms with Crippen LogP contribution in [0.15, 0.2) is 9.31 Å². The molecule has 0 unspecified atom stereocenters. The summed E-state index contributed by atoms with van der Waals surface area (Å²) in [7, 11) is -1.97. The van der Waals surface area contributed by atoms with Gasteiger partial charge in [0.05, 0.1) is 0 Å². The average molecular weight is 218 g/mol. The van der Waals surface area contributed by atoms with Crippen LogP contribution in [-0.4, -0.2) is 15.5 Å². The van der Waals surface area contributed by atoms with Gasteiger partial charge in [0.1, 0.15) is 16.4 Å². The van der Waals surface area contributed by atoms with Gasteiger partial charge in [0.2, 0.25) is 10.0 Å². The topological polar surface area (TPSA) is 85.3 Å². The van der Waals surface area contributed by atoms with E-state index in [1.807, 2.05) is 0 Å². The molecule has 0 spiro atoms. The zero-order valence-corrected chi connectivity index (χ0v) is 9.23. The summed E-state index contributed by atoms with van der Waals surface area (Å²) >= 11 is 0. The summed E-state index contributed by atoms with van der Waals surface area (Å²) in [5, 5.41) is 7.96. The van der Waals surface area contributed by atoms with Gasteiger partial charge in [-0.15, -0.1) is 0 Å². The van der Waals surface area contributed by atoms with E-state index in [-0.39, 0.29) is 4.90 Å². The molecule has 1 aromatic rings. The van der Waals surface area contributed by atoms with Crippen LogP contribution in [0, 0.1) is 13.8 Å². The molecule has 0 aromatic carbocycles. The number of nitrogens with two attached hydrogens (primary N) is 1. The molecule has 80 valence electrons. The van der Waals surface area contributed by atoms with Crippen molar-refractivity contribution in [1.29, 1.82) is 0 Å². The summed E-state index contributed by atoms with van der Waals surface area (Å²) in [6.45, 7) is 3.73. The number of aryl methyl sites for hydroxylation is 2. The lowest BCUT2D eigenvalue weighted by atomic mass is 10.2. The highest BCUT2D eigenvalue weighted by Gasteiger charge is 2.22. The fraction of sp³-hybridized carbons (Fsp3) is 0.500. The summed E-state index contributed by atoms with van der Waals surface area (Å²) < 4.78 is 27.7. The van der Waals surface area contributed by atoms with Crippen molar-refractivity contribution in [3.63, 3.8) is 0 Å². The van der Waals surface area contributed by atoms with E-state index in [1.54, 1.807) is 20.9 Å². The fourth-order valence-electron chi connectivity index (χ4n) is 1.46. The number of rotatable bonds is 3. The first-order valence-electron chi connectivity index (χ1n) is 4.14. The van der Waals surface area contributed by atoms with E-state index in [0.717, 1.165) is 0 Å². The van der Waals surface area contributed by atoms with Crippen molar-refractivity contribution in [2.75, 3.05) is 7.05 Å². The lowest BCUT2D eigenvalue weighted by Crippen LogP contribution is -2.17. The van der Waals surface area contributed by atoms with Crippen molar-refractivity contribution >= 4 is 10.0 Å². The first-order valence-corrected chi connectivity index (χ1v) is 5.68. The monoisotopic (exact) mass is 218 g/mol. The Kier molecular flexibility index (Phi) is 2.98. The van der Waals surface area contributed by atoms with Crippen molar-refractivity contribution in [1.82, 2.24) is 5.32 Å². The van der Waals surface area contributed by atoms with Crippen molar-refractivity contribution in [2.24, 2.45) is 5.14 Å². The number of sulfonamides is 1. The molecular weight excluding hydrogens is 204 g/mol. The molecule has 0 aliphatic carbocycles. The number of nitrogens with one attached hydrogen (secondary N) is 1. The second kappa shape index (κ2) is 3.72. The first kappa shape index (κ1) is 11.2. The van der Waals surface area contributed by atoms with Gasteiger partial charge < -0.3 is 9.73 Å². The van der Waals surface area contributed by atoms with E-state index in [0.29, 0.717) is 23.6 Å². The van der Waals surface area contributed by atoms with Crippen LogP contribution in [0.2, 0.25) is 0 Å². The number of hydrogen-bond donors (Lipinski definition) is 2. The second-order valence-electron chi connectivity index (χ2n) is 3.10. The Labute approximate surface area is 83.3 Å². The molecule has 0 radical (unpaired) electrons. The molecule has 5 nitrogen and oxygen atoms in total. The smallest absolute Gasteiger partial charge is 0.241 e. The Morgan fingerprint density at radius 1 is 1.36 bits per heavy atom. The minimum Gasteiger partial charge on any atom is -0.465 e. The number of primary sulfonamides is 1. The Balaban J connectivity index is 3.40. The predicted molar refractivity (Wildman–Crippen MR) is 52.3 cm³/mol. The van der Waals surface area contributed by atoms with E-state index in [4.69, 9.17) is 9.56 Å². The molecule has 0 fully saturated rings. The SMILES string of the molecule is CNCc1c(C)oc(C)c1S(N)(=O)=O. The molecule has 0 saturated heterocycles. The van der Waals surface area contributed by atoms with Crippen molar-refractivity contribution < 1.29 is 12.8 Å². The zero-order chi connectivity index (χ0) is 10.9. The summed E-state index contributed by atoms with van der Waals surface area (Å²) in [6.07, 6.45) is 0. The van der Waals surface area contributed by atoms with Crippen LogP contribution in [0.4, 0.5) is 0 Å². The molecule has 3 N–H and O–H groups in total. The fourth-order valence-corrected chi connectivity index (χ4v) is 2.47. The quantitative estimate of drug-likeness (QED) is 0.762. The van der Waals surface area contributed by atoms with Gasteiger partial charge in [0.15, 0.2) is 0 Å². The number of furan rings is 1. The van der Waals surface area contributed by atoms with Gasteiger partial charge in [-0.2, -0.15) is 0 Å².